The Morgan fingerprint density at radius 2 is 1.92 bits per heavy atom. The van der Waals surface area contributed by atoms with Gasteiger partial charge in [0.05, 0.1) is 13.4 Å². The fraction of sp³-hybridized carbons (Fsp3) is 0.611. The predicted octanol–water partition coefficient (Wildman–Crippen LogP) is 3.35. The lowest BCUT2D eigenvalue weighted by Gasteiger charge is -2.29. The molecule has 7 heteroatoms. The molecule has 0 aromatic heterocycles. The molecule has 0 aliphatic heterocycles. The van der Waals surface area contributed by atoms with E-state index in [-0.39, 0.29) is 17.7 Å². The van der Waals surface area contributed by atoms with E-state index in [4.69, 9.17) is 8.92 Å². The molecule has 0 unspecified atom stereocenters. The highest BCUT2D eigenvalue weighted by atomic mass is 32.2. The van der Waals surface area contributed by atoms with Crippen molar-refractivity contribution in [3.63, 3.8) is 0 Å². The van der Waals surface area contributed by atoms with E-state index in [0.717, 1.165) is 31.1 Å². The van der Waals surface area contributed by atoms with E-state index in [1.165, 1.54) is 7.11 Å². The van der Waals surface area contributed by atoms with E-state index in [2.05, 4.69) is 6.92 Å². The molecule has 25 heavy (non-hydrogen) atoms. The summed E-state index contributed by atoms with van der Waals surface area (Å²) in [4.78, 5) is 14.4. The molecule has 0 spiro atoms. The van der Waals surface area contributed by atoms with Crippen molar-refractivity contribution in [1.82, 2.24) is 4.90 Å². The van der Waals surface area contributed by atoms with Gasteiger partial charge in [0.25, 0.3) is 0 Å². The maximum atomic E-state index is 12.5. The topological polar surface area (TPSA) is 72.9 Å². The zero-order valence-electron chi connectivity index (χ0n) is 15.7. The van der Waals surface area contributed by atoms with Crippen LogP contribution in [-0.2, 0) is 21.5 Å². The van der Waals surface area contributed by atoms with E-state index >= 15 is 0 Å². The van der Waals surface area contributed by atoms with Gasteiger partial charge in [-0.3, -0.25) is 4.79 Å². The summed E-state index contributed by atoms with van der Waals surface area (Å²) in [5.41, 5.74) is 0.796. The van der Waals surface area contributed by atoms with Crippen LogP contribution < -0.4 is 8.92 Å². The Bertz CT molecular complexity index is 672. The van der Waals surface area contributed by atoms with Crippen LogP contribution in [0.3, 0.4) is 0 Å². The summed E-state index contributed by atoms with van der Waals surface area (Å²) in [6.07, 6.45) is 4.18. The standard InChI is InChI=1S/C18H29NO5S/c1-6-8-9-18(20)19(14(3)7-2)13-15-10-11-16(23-4)17(12-15)24-25(5,21)22/h10-12,14H,6-9,13H2,1-5H3/t14-/m0/s1. The molecule has 0 heterocycles. The Balaban J connectivity index is 3.07. The van der Waals surface area contributed by atoms with Crippen LogP contribution in [-0.4, -0.2) is 38.6 Å². The van der Waals surface area contributed by atoms with Crippen LogP contribution in [0.2, 0.25) is 0 Å². The van der Waals surface area contributed by atoms with Gasteiger partial charge in [0.15, 0.2) is 11.5 Å². The van der Waals surface area contributed by atoms with Gasteiger partial charge in [0.2, 0.25) is 5.91 Å². The van der Waals surface area contributed by atoms with Gasteiger partial charge in [-0.1, -0.05) is 26.3 Å². The lowest BCUT2D eigenvalue weighted by molar-refractivity contribution is -0.134. The molecule has 0 saturated carbocycles. The van der Waals surface area contributed by atoms with Crippen molar-refractivity contribution in [2.24, 2.45) is 0 Å². The largest absolute Gasteiger partial charge is 0.493 e. The molecule has 1 aromatic rings. The SMILES string of the molecule is CCCCC(=O)N(Cc1ccc(OC)c(OS(C)(=O)=O)c1)[C@@H](C)CC. The predicted molar refractivity (Wildman–Crippen MR) is 98.3 cm³/mol. The van der Waals surface area contributed by atoms with E-state index in [0.29, 0.717) is 18.7 Å². The number of ether oxygens (including phenoxy) is 1. The summed E-state index contributed by atoms with van der Waals surface area (Å²) in [5.74, 6) is 0.576. The van der Waals surface area contributed by atoms with Crippen LogP contribution in [0.25, 0.3) is 0 Å². The maximum absolute atomic E-state index is 12.5. The fourth-order valence-electron chi connectivity index (χ4n) is 2.43. The van der Waals surface area contributed by atoms with Crippen LogP contribution >= 0.6 is 0 Å². The Kier molecular flexibility index (Phi) is 8.22. The Labute approximate surface area is 151 Å². The Hall–Kier alpha value is -1.76. The van der Waals surface area contributed by atoms with Crippen LogP contribution in [0.5, 0.6) is 11.5 Å². The molecule has 1 aromatic carbocycles. The quantitative estimate of drug-likeness (QED) is 0.590. The average Bonchev–Trinajstić information content (AvgIpc) is 2.55. The summed E-state index contributed by atoms with van der Waals surface area (Å²) >= 11 is 0. The van der Waals surface area contributed by atoms with Crippen molar-refractivity contribution >= 4 is 16.0 Å². The molecule has 1 amide bonds. The molecule has 0 radical (unpaired) electrons. The molecule has 6 nitrogen and oxygen atoms in total. The highest BCUT2D eigenvalue weighted by Gasteiger charge is 2.20. The highest BCUT2D eigenvalue weighted by Crippen LogP contribution is 2.30. The molecule has 0 fully saturated rings. The van der Waals surface area contributed by atoms with Crippen LogP contribution in [0, 0.1) is 0 Å². The van der Waals surface area contributed by atoms with Crippen LogP contribution in [0.15, 0.2) is 18.2 Å². The first kappa shape index (κ1) is 21.3. The minimum atomic E-state index is -3.66. The van der Waals surface area contributed by atoms with Crippen molar-refractivity contribution in [1.29, 1.82) is 0 Å². The zero-order chi connectivity index (χ0) is 19.0. The number of nitrogens with zero attached hydrogens (tertiary/aromatic N) is 1. The summed E-state index contributed by atoms with van der Waals surface area (Å²) in [6, 6.07) is 5.19. The first-order chi connectivity index (χ1) is 11.7. The number of carbonyl (C=O) groups is 1. The fourth-order valence-corrected chi connectivity index (χ4v) is 2.88. The lowest BCUT2D eigenvalue weighted by atomic mass is 10.1. The minimum absolute atomic E-state index is 0.103. The van der Waals surface area contributed by atoms with Crippen molar-refractivity contribution in [3.05, 3.63) is 23.8 Å². The molecule has 1 rings (SSSR count). The van der Waals surface area contributed by atoms with Crippen molar-refractivity contribution in [2.75, 3.05) is 13.4 Å². The number of unbranched alkanes of at least 4 members (excludes halogenated alkanes) is 1. The molecule has 0 aliphatic rings. The number of carbonyl (C=O) groups excluding carboxylic acids is 1. The minimum Gasteiger partial charge on any atom is -0.493 e. The number of amides is 1. The van der Waals surface area contributed by atoms with Gasteiger partial charge in [0.1, 0.15) is 0 Å². The second-order valence-corrected chi connectivity index (χ2v) is 7.73. The van der Waals surface area contributed by atoms with Gasteiger partial charge in [-0.25, -0.2) is 0 Å². The molecule has 1 atom stereocenters. The van der Waals surface area contributed by atoms with Crippen LogP contribution in [0.1, 0.15) is 52.0 Å². The third kappa shape index (κ3) is 6.94. The van der Waals surface area contributed by atoms with E-state index in [1.54, 1.807) is 12.1 Å². The van der Waals surface area contributed by atoms with Crippen molar-refractivity contribution in [2.45, 2.75) is 59.0 Å². The number of benzene rings is 1. The second kappa shape index (κ2) is 9.65. The number of hydrogen-bond donors (Lipinski definition) is 0. The highest BCUT2D eigenvalue weighted by molar-refractivity contribution is 7.86. The zero-order valence-corrected chi connectivity index (χ0v) is 16.6. The van der Waals surface area contributed by atoms with Gasteiger partial charge >= 0.3 is 10.1 Å². The van der Waals surface area contributed by atoms with Gasteiger partial charge in [-0.15, -0.1) is 0 Å². The summed E-state index contributed by atoms with van der Waals surface area (Å²) in [5, 5.41) is 0. The molecule has 0 aliphatic carbocycles. The van der Waals surface area contributed by atoms with Crippen LogP contribution in [0.4, 0.5) is 0 Å². The second-order valence-electron chi connectivity index (χ2n) is 6.16. The molecular formula is C18H29NO5S. The molecule has 0 N–H and O–H groups in total. The number of hydrogen-bond acceptors (Lipinski definition) is 5. The molecule has 0 saturated heterocycles. The average molecular weight is 371 g/mol. The number of rotatable bonds is 10. The molecular weight excluding hydrogens is 342 g/mol. The van der Waals surface area contributed by atoms with Gasteiger partial charge in [0, 0.05) is 19.0 Å². The third-order valence-electron chi connectivity index (χ3n) is 4.01. The molecule has 0 bridgehead atoms. The maximum Gasteiger partial charge on any atom is 0.306 e. The van der Waals surface area contributed by atoms with Gasteiger partial charge in [-0.2, -0.15) is 8.42 Å². The normalized spacial score (nSPS) is 12.5. The first-order valence-electron chi connectivity index (χ1n) is 8.57. The van der Waals surface area contributed by atoms with E-state index in [1.807, 2.05) is 24.8 Å². The summed E-state index contributed by atoms with van der Waals surface area (Å²) in [7, 11) is -2.22. The monoisotopic (exact) mass is 371 g/mol. The van der Waals surface area contributed by atoms with E-state index < -0.39 is 10.1 Å². The number of methoxy groups -OCH3 is 1. The van der Waals surface area contributed by atoms with Gasteiger partial charge in [-0.05, 0) is 37.5 Å². The lowest BCUT2D eigenvalue weighted by Crippen LogP contribution is -2.37. The van der Waals surface area contributed by atoms with Crippen molar-refractivity contribution in [3.8, 4) is 11.5 Å². The molecule has 142 valence electrons. The Morgan fingerprint density at radius 1 is 1.24 bits per heavy atom. The van der Waals surface area contributed by atoms with Crippen molar-refractivity contribution < 1.29 is 22.1 Å². The van der Waals surface area contributed by atoms with Gasteiger partial charge < -0.3 is 13.8 Å². The third-order valence-corrected chi connectivity index (χ3v) is 4.49. The summed E-state index contributed by atoms with van der Waals surface area (Å²) < 4.78 is 33.0. The summed E-state index contributed by atoms with van der Waals surface area (Å²) in [6.45, 7) is 6.51. The van der Waals surface area contributed by atoms with E-state index in [9.17, 15) is 13.2 Å². The smallest absolute Gasteiger partial charge is 0.306 e. The Morgan fingerprint density at radius 3 is 2.44 bits per heavy atom. The first-order valence-corrected chi connectivity index (χ1v) is 10.4.